The van der Waals surface area contributed by atoms with Crippen LogP contribution in [0.4, 0.5) is 0 Å². The van der Waals surface area contributed by atoms with Crippen LogP contribution in [0, 0.1) is 18.0 Å². The van der Waals surface area contributed by atoms with Crippen LogP contribution in [0.25, 0.3) is 0 Å². The predicted molar refractivity (Wildman–Crippen MR) is 18.7 cm³/mol. The van der Waals surface area contributed by atoms with E-state index in [4.69, 9.17) is 5.26 Å². The minimum Gasteiger partial charge on any atom is -0.319 e. The van der Waals surface area contributed by atoms with Crippen molar-refractivity contribution in [2.24, 2.45) is 0 Å². The molecule has 5 heavy (non-hydrogen) atoms. The normalized spacial score (nSPS) is 5.60. The van der Waals surface area contributed by atoms with Gasteiger partial charge in [-0.2, -0.15) is 5.26 Å². The molecule has 2 nitrogen and oxygen atoms in total. The highest BCUT2D eigenvalue weighted by Crippen LogP contribution is 1.51. The van der Waals surface area contributed by atoms with Gasteiger partial charge in [-0.3, -0.25) is 0 Å². The van der Waals surface area contributed by atoms with Crippen molar-refractivity contribution in [2.75, 3.05) is 0 Å². The second-order valence-corrected chi connectivity index (χ2v) is 0.545. The first kappa shape index (κ1) is 4.29. The van der Waals surface area contributed by atoms with Crippen LogP contribution in [0.3, 0.4) is 0 Å². The van der Waals surface area contributed by atoms with Crippen molar-refractivity contribution >= 4 is 0 Å². The number of hydrogen-bond donors (Lipinski definition) is 1. The average molecular weight is 69.1 g/mol. The fourth-order valence-corrected chi connectivity index (χ4v) is 0.0645. The van der Waals surface area contributed by atoms with E-state index < -0.39 is 0 Å². The van der Waals surface area contributed by atoms with Crippen LogP contribution in [0.1, 0.15) is 6.92 Å². The number of hydrogen-bond acceptors (Lipinski definition) is 2. The molecule has 1 radical (unpaired) electrons. The van der Waals surface area contributed by atoms with Gasteiger partial charge in [0, 0.05) is 0 Å². The zero-order chi connectivity index (χ0) is 4.12. The summed E-state index contributed by atoms with van der Waals surface area (Å²) in [6.07, 6.45) is 1.71. The summed E-state index contributed by atoms with van der Waals surface area (Å²) in [6.45, 7) is 3.32. The van der Waals surface area contributed by atoms with Gasteiger partial charge in [-0.05, 0) is 6.92 Å². The SMILES string of the molecule is C[CH]NC#N. The Morgan fingerprint density at radius 1 is 2.00 bits per heavy atom. The lowest BCUT2D eigenvalue weighted by atomic mass is 10.8. The third kappa shape index (κ3) is 3.29. The van der Waals surface area contributed by atoms with Gasteiger partial charge in [0.25, 0.3) is 0 Å². The Balaban J connectivity index is 2.48. The van der Waals surface area contributed by atoms with Gasteiger partial charge in [-0.1, -0.05) is 0 Å². The maximum atomic E-state index is 7.67. The van der Waals surface area contributed by atoms with Crippen LogP contribution >= 0.6 is 0 Å². The molecule has 0 aromatic rings. The van der Waals surface area contributed by atoms with Gasteiger partial charge >= 0.3 is 0 Å². The molecule has 0 aliphatic rings. The Morgan fingerprint density at radius 2 is 2.60 bits per heavy atom. The Labute approximate surface area is 31.4 Å². The first-order valence-corrected chi connectivity index (χ1v) is 1.34. The highest BCUT2D eigenvalue weighted by Gasteiger charge is 1.59. The van der Waals surface area contributed by atoms with Crippen molar-refractivity contribution in [2.45, 2.75) is 6.92 Å². The minimum absolute atomic E-state index is 1.57. The molecule has 27 valence electrons. The monoisotopic (exact) mass is 69.0 g/mol. The van der Waals surface area contributed by atoms with Gasteiger partial charge in [0.1, 0.15) is 0 Å². The van der Waals surface area contributed by atoms with Crippen LogP contribution in [0.15, 0.2) is 0 Å². The lowest BCUT2D eigenvalue weighted by Crippen LogP contribution is -1.93. The number of nitriles is 1. The molecule has 0 aromatic carbocycles. The zero-order valence-electron chi connectivity index (χ0n) is 3.02. The third-order valence-electron chi connectivity index (χ3n) is 0.209. The second kappa shape index (κ2) is 3.29. The quantitative estimate of drug-likeness (QED) is 0.353. The molecule has 0 rings (SSSR count). The average Bonchev–Trinajstić information content (AvgIpc) is 1.41. The van der Waals surface area contributed by atoms with Crippen molar-refractivity contribution in [1.82, 2.24) is 5.32 Å². The largest absolute Gasteiger partial charge is 0.319 e. The highest BCUT2D eigenvalue weighted by atomic mass is 14.8. The van der Waals surface area contributed by atoms with Gasteiger partial charge in [0.2, 0.25) is 0 Å². The summed E-state index contributed by atoms with van der Waals surface area (Å²) in [5.41, 5.74) is 0. The van der Waals surface area contributed by atoms with E-state index in [1.807, 2.05) is 0 Å². The van der Waals surface area contributed by atoms with Crippen molar-refractivity contribution in [3.63, 3.8) is 0 Å². The van der Waals surface area contributed by atoms with Crippen LogP contribution < -0.4 is 5.32 Å². The Morgan fingerprint density at radius 3 is 2.60 bits per heavy atom. The van der Waals surface area contributed by atoms with Gasteiger partial charge < -0.3 is 5.32 Å². The lowest BCUT2D eigenvalue weighted by Gasteiger charge is -1.74. The summed E-state index contributed by atoms with van der Waals surface area (Å²) in [5, 5.41) is 9.97. The lowest BCUT2D eigenvalue weighted by molar-refractivity contribution is 1.07. The molecule has 2 heteroatoms. The predicted octanol–water partition coefficient (Wildman–Crippen LogP) is 0.239. The van der Waals surface area contributed by atoms with Crippen LogP contribution in [-0.2, 0) is 0 Å². The van der Waals surface area contributed by atoms with Crippen molar-refractivity contribution in [3.8, 4) is 6.19 Å². The molecule has 0 heterocycles. The zero-order valence-corrected chi connectivity index (χ0v) is 3.02. The van der Waals surface area contributed by atoms with Crippen molar-refractivity contribution in [1.29, 1.82) is 5.26 Å². The number of nitrogens with zero attached hydrogens (tertiary/aromatic N) is 1. The second-order valence-electron chi connectivity index (χ2n) is 0.545. The minimum atomic E-state index is 1.57. The number of rotatable bonds is 1. The molecule has 0 spiro atoms. The molecule has 0 saturated carbocycles. The Kier molecular flexibility index (Phi) is 2.82. The summed E-state index contributed by atoms with van der Waals surface area (Å²) in [5.74, 6) is 0. The summed E-state index contributed by atoms with van der Waals surface area (Å²) in [6, 6.07) is 0. The molecule has 1 N–H and O–H groups in total. The maximum Gasteiger partial charge on any atom is 0.176 e. The van der Waals surface area contributed by atoms with E-state index in [1.54, 1.807) is 19.7 Å². The van der Waals surface area contributed by atoms with Crippen LogP contribution in [-0.4, -0.2) is 0 Å². The van der Waals surface area contributed by atoms with E-state index >= 15 is 0 Å². The first-order chi connectivity index (χ1) is 2.41. The van der Waals surface area contributed by atoms with Gasteiger partial charge in [-0.25, -0.2) is 0 Å². The molecule has 0 bridgehead atoms. The van der Waals surface area contributed by atoms with Crippen molar-refractivity contribution < 1.29 is 0 Å². The molecule has 0 atom stereocenters. The molecule has 0 fully saturated rings. The topological polar surface area (TPSA) is 35.8 Å². The van der Waals surface area contributed by atoms with E-state index in [1.165, 1.54) is 0 Å². The molecule has 0 aliphatic carbocycles. The third-order valence-corrected chi connectivity index (χ3v) is 0.209. The maximum absolute atomic E-state index is 7.67. The molecule has 0 saturated heterocycles. The van der Waals surface area contributed by atoms with Gasteiger partial charge in [-0.15, -0.1) is 0 Å². The summed E-state index contributed by atoms with van der Waals surface area (Å²) >= 11 is 0. The summed E-state index contributed by atoms with van der Waals surface area (Å²) < 4.78 is 0. The fourth-order valence-electron chi connectivity index (χ4n) is 0.0645. The molecule has 0 aliphatic heterocycles. The summed E-state index contributed by atoms with van der Waals surface area (Å²) in [4.78, 5) is 0. The van der Waals surface area contributed by atoms with Gasteiger partial charge in [0.05, 0.1) is 6.54 Å². The highest BCUT2D eigenvalue weighted by molar-refractivity contribution is 4.68. The van der Waals surface area contributed by atoms with E-state index in [9.17, 15) is 0 Å². The Bertz CT molecular complexity index is 43.3. The fraction of sp³-hybridized carbons (Fsp3) is 0.333. The number of nitrogens with one attached hydrogen (secondary N) is 1. The standard InChI is InChI=1S/C3H5N2/c1-2-5-3-4/h2,5H,1H3. The smallest absolute Gasteiger partial charge is 0.176 e. The van der Waals surface area contributed by atoms with Crippen LogP contribution in [0.2, 0.25) is 0 Å². The molecule has 0 unspecified atom stereocenters. The van der Waals surface area contributed by atoms with E-state index in [0.717, 1.165) is 0 Å². The first-order valence-electron chi connectivity index (χ1n) is 1.34. The molecular formula is C3H5N2. The van der Waals surface area contributed by atoms with E-state index in [-0.39, 0.29) is 0 Å². The van der Waals surface area contributed by atoms with Crippen molar-refractivity contribution in [3.05, 3.63) is 6.54 Å². The van der Waals surface area contributed by atoms with E-state index in [0.29, 0.717) is 0 Å². The van der Waals surface area contributed by atoms with Crippen LogP contribution in [0.5, 0.6) is 0 Å². The van der Waals surface area contributed by atoms with E-state index in [2.05, 4.69) is 5.32 Å². The Hall–Kier alpha value is -0.710. The summed E-state index contributed by atoms with van der Waals surface area (Å²) in [7, 11) is 0. The molecule has 0 amide bonds. The van der Waals surface area contributed by atoms with Gasteiger partial charge in [0.15, 0.2) is 6.19 Å². The molecule has 0 aromatic heterocycles. The molecular weight excluding hydrogens is 64.0 g/mol.